The maximum absolute atomic E-state index is 12.8. The molecule has 1 aromatic heterocycles. The number of nitrogens with zero attached hydrogens (tertiary/aromatic N) is 1. The molecule has 1 aromatic carbocycles. The summed E-state index contributed by atoms with van der Waals surface area (Å²) in [6, 6.07) is 9.40. The molecule has 0 saturated heterocycles. The van der Waals surface area contributed by atoms with Gasteiger partial charge in [-0.15, -0.1) is 0 Å². The highest BCUT2D eigenvalue weighted by Crippen LogP contribution is 2.15. The minimum absolute atomic E-state index is 0.0269. The van der Waals surface area contributed by atoms with E-state index < -0.39 is 17.9 Å². The number of pyridine rings is 1. The van der Waals surface area contributed by atoms with E-state index in [4.69, 9.17) is 4.74 Å². The summed E-state index contributed by atoms with van der Waals surface area (Å²) in [4.78, 5) is 37.8. The monoisotopic (exact) mass is 370 g/mol. The minimum Gasteiger partial charge on any atom is -0.467 e. The van der Waals surface area contributed by atoms with Gasteiger partial charge in [-0.2, -0.15) is 0 Å². The summed E-state index contributed by atoms with van der Waals surface area (Å²) in [5.41, 5.74) is 1.97. The van der Waals surface area contributed by atoms with E-state index in [1.54, 1.807) is 34.9 Å². The van der Waals surface area contributed by atoms with Crippen molar-refractivity contribution in [3.05, 3.63) is 69.1 Å². The molecule has 27 heavy (non-hydrogen) atoms. The SMILES string of the molecule is CCCCn1c(C)c(C)cc(C(=O)NC(C(=O)OC)c2ccccc2)c1=O. The van der Waals surface area contributed by atoms with Crippen LogP contribution in [0.5, 0.6) is 0 Å². The Labute approximate surface area is 159 Å². The number of esters is 1. The summed E-state index contributed by atoms with van der Waals surface area (Å²) in [6.45, 7) is 6.34. The van der Waals surface area contributed by atoms with Crippen molar-refractivity contribution in [2.75, 3.05) is 7.11 Å². The van der Waals surface area contributed by atoms with Crippen LogP contribution in [0.2, 0.25) is 0 Å². The molecule has 2 rings (SSSR count). The number of hydrogen-bond acceptors (Lipinski definition) is 4. The number of ether oxygens (including phenoxy) is 1. The molecule has 0 aliphatic heterocycles. The van der Waals surface area contributed by atoms with Crippen molar-refractivity contribution in [2.45, 2.75) is 46.2 Å². The molecule has 0 bridgehead atoms. The van der Waals surface area contributed by atoms with E-state index in [-0.39, 0.29) is 11.1 Å². The predicted octanol–water partition coefficient (Wildman–Crippen LogP) is 2.91. The highest BCUT2D eigenvalue weighted by Gasteiger charge is 2.26. The first-order chi connectivity index (χ1) is 12.9. The zero-order valence-corrected chi connectivity index (χ0v) is 16.2. The molecule has 144 valence electrons. The van der Waals surface area contributed by atoms with E-state index in [1.807, 2.05) is 26.8 Å². The second-order valence-corrected chi connectivity index (χ2v) is 6.48. The third-order valence-corrected chi connectivity index (χ3v) is 4.64. The molecule has 0 aliphatic carbocycles. The van der Waals surface area contributed by atoms with E-state index in [0.29, 0.717) is 12.1 Å². The van der Waals surface area contributed by atoms with E-state index >= 15 is 0 Å². The van der Waals surface area contributed by atoms with Gasteiger partial charge in [0.2, 0.25) is 0 Å². The van der Waals surface area contributed by atoms with E-state index in [9.17, 15) is 14.4 Å². The number of amides is 1. The van der Waals surface area contributed by atoms with Crippen molar-refractivity contribution in [2.24, 2.45) is 0 Å². The normalized spacial score (nSPS) is 11.7. The fourth-order valence-corrected chi connectivity index (χ4v) is 2.89. The van der Waals surface area contributed by atoms with E-state index in [1.165, 1.54) is 7.11 Å². The van der Waals surface area contributed by atoms with Gasteiger partial charge in [-0.1, -0.05) is 43.7 Å². The Morgan fingerprint density at radius 1 is 1.19 bits per heavy atom. The van der Waals surface area contributed by atoms with Gasteiger partial charge in [0.1, 0.15) is 5.56 Å². The Kier molecular flexibility index (Phi) is 6.93. The lowest BCUT2D eigenvalue weighted by molar-refractivity contribution is -0.143. The molecule has 6 nitrogen and oxygen atoms in total. The fraction of sp³-hybridized carbons (Fsp3) is 0.381. The lowest BCUT2D eigenvalue weighted by Crippen LogP contribution is -2.39. The molecule has 2 aromatic rings. The first-order valence-corrected chi connectivity index (χ1v) is 9.05. The quantitative estimate of drug-likeness (QED) is 0.760. The molecule has 1 heterocycles. The van der Waals surface area contributed by atoms with Crippen LogP contribution in [-0.2, 0) is 16.1 Å². The van der Waals surface area contributed by atoms with Crippen LogP contribution in [0.25, 0.3) is 0 Å². The first kappa shape index (κ1) is 20.4. The molecule has 6 heteroatoms. The number of nitrogens with one attached hydrogen (secondary N) is 1. The summed E-state index contributed by atoms with van der Waals surface area (Å²) in [5.74, 6) is -1.18. The molecule has 0 spiro atoms. The number of methoxy groups -OCH3 is 1. The summed E-state index contributed by atoms with van der Waals surface area (Å²) in [5, 5.41) is 2.64. The Hall–Kier alpha value is -2.89. The predicted molar refractivity (Wildman–Crippen MR) is 104 cm³/mol. The second kappa shape index (κ2) is 9.16. The van der Waals surface area contributed by atoms with Crippen LogP contribution in [0.4, 0.5) is 0 Å². The highest BCUT2D eigenvalue weighted by molar-refractivity contribution is 5.97. The number of hydrogen-bond donors (Lipinski definition) is 1. The van der Waals surface area contributed by atoms with Crippen molar-refractivity contribution in [3.8, 4) is 0 Å². The van der Waals surface area contributed by atoms with Gasteiger partial charge in [0.05, 0.1) is 7.11 Å². The average molecular weight is 370 g/mol. The molecular weight excluding hydrogens is 344 g/mol. The second-order valence-electron chi connectivity index (χ2n) is 6.48. The number of carbonyl (C=O) groups excluding carboxylic acids is 2. The molecule has 0 fully saturated rings. The lowest BCUT2D eigenvalue weighted by atomic mass is 10.1. The summed E-state index contributed by atoms with van der Waals surface area (Å²) in [7, 11) is 1.26. The van der Waals surface area contributed by atoms with Gasteiger partial charge >= 0.3 is 5.97 Å². The number of benzene rings is 1. The van der Waals surface area contributed by atoms with Gasteiger partial charge in [-0.3, -0.25) is 9.59 Å². The van der Waals surface area contributed by atoms with Crippen molar-refractivity contribution in [3.63, 3.8) is 0 Å². The van der Waals surface area contributed by atoms with Gasteiger partial charge < -0.3 is 14.6 Å². The minimum atomic E-state index is -0.978. The van der Waals surface area contributed by atoms with Crippen LogP contribution >= 0.6 is 0 Å². The molecule has 0 aliphatic rings. The largest absolute Gasteiger partial charge is 0.467 e. The summed E-state index contributed by atoms with van der Waals surface area (Å²) in [6.07, 6.45) is 1.79. The molecule has 1 amide bonds. The zero-order valence-electron chi connectivity index (χ0n) is 16.2. The smallest absolute Gasteiger partial charge is 0.333 e. The van der Waals surface area contributed by atoms with Crippen molar-refractivity contribution >= 4 is 11.9 Å². The van der Waals surface area contributed by atoms with Crippen molar-refractivity contribution in [1.29, 1.82) is 0 Å². The highest BCUT2D eigenvalue weighted by atomic mass is 16.5. The summed E-state index contributed by atoms with van der Waals surface area (Å²) < 4.78 is 6.44. The Morgan fingerprint density at radius 2 is 1.85 bits per heavy atom. The average Bonchev–Trinajstić information content (AvgIpc) is 2.68. The Morgan fingerprint density at radius 3 is 2.44 bits per heavy atom. The van der Waals surface area contributed by atoms with Gasteiger partial charge in [-0.05, 0) is 37.5 Å². The Bertz CT molecular complexity index is 872. The van der Waals surface area contributed by atoms with Crippen LogP contribution in [-0.4, -0.2) is 23.6 Å². The number of unbranched alkanes of at least 4 members (excludes halogenated alkanes) is 1. The Balaban J connectivity index is 2.40. The maximum Gasteiger partial charge on any atom is 0.333 e. The van der Waals surface area contributed by atoms with E-state index in [2.05, 4.69) is 5.32 Å². The van der Waals surface area contributed by atoms with Crippen molar-refractivity contribution < 1.29 is 14.3 Å². The number of aromatic nitrogens is 1. The van der Waals surface area contributed by atoms with Crippen LogP contribution < -0.4 is 10.9 Å². The number of rotatable bonds is 7. The first-order valence-electron chi connectivity index (χ1n) is 9.05. The van der Waals surface area contributed by atoms with Gasteiger partial charge in [-0.25, -0.2) is 4.79 Å². The third kappa shape index (κ3) is 4.64. The topological polar surface area (TPSA) is 77.4 Å². The number of aryl methyl sites for hydroxylation is 1. The van der Waals surface area contributed by atoms with Gasteiger partial charge in [0, 0.05) is 12.2 Å². The standard InChI is InChI=1S/C21H26N2O4/c1-5-6-12-23-15(3)14(2)13-17(20(23)25)19(24)22-18(21(26)27-4)16-10-8-7-9-11-16/h7-11,13,18H,5-6,12H2,1-4H3,(H,22,24). The van der Waals surface area contributed by atoms with Crippen LogP contribution in [0.3, 0.4) is 0 Å². The molecule has 1 atom stereocenters. The van der Waals surface area contributed by atoms with Crippen LogP contribution in [0.1, 0.15) is 53.0 Å². The maximum atomic E-state index is 12.8. The molecule has 0 saturated carbocycles. The fourth-order valence-electron chi connectivity index (χ4n) is 2.89. The van der Waals surface area contributed by atoms with Crippen LogP contribution in [0.15, 0.2) is 41.2 Å². The van der Waals surface area contributed by atoms with Gasteiger partial charge in [0.15, 0.2) is 6.04 Å². The molecule has 0 radical (unpaired) electrons. The van der Waals surface area contributed by atoms with Crippen LogP contribution in [0, 0.1) is 13.8 Å². The van der Waals surface area contributed by atoms with Gasteiger partial charge in [0.25, 0.3) is 11.5 Å². The molecule has 1 N–H and O–H groups in total. The number of carbonyl (C=O) groups is 2. The third-order valence-electron chi connectivity index (χ3n) is 4.64. The summed E-state index contributed by atoms with van der Waals surface area (Å²) >= 11 is 0. The molecular formula is C21H26N2O4. The molecule has 1 unspecified atom stereocenters. The lowest BCUT2D eigenvalue weighted by Gasteiger charge is -2.18. The van der Waals surface area contributed by atoms with E-state index in [0.717, 1.165) is 24.1 Å². The van der Waals surface area contributed by atoms with Crippen molar-refractivity contribution in [1.82, 2.24) is 9.88 Å². The zero-order chi connectivity index (χ0) is 20.0.